The first-order valence-electron chi connectivity index (χ1n) is 8.59. The number of aliphatic imine (C=N–C) groups is 1. The van der Waals surface area contributed by atoms with Crippen molar-refractivity contribution in [3.8, 4) is 0 Å². The summed E-state index contributed by atoms with van der Waals surface area (Å²) < 4.78 is 5.46. The van der Waals surface area contributed by atoms with Crippen LogP contribution in [0.5, 0.6) is 0 Å². The van der Waals surface area contributed by atoms with Crippen LogP contribution in [0.3, 0.4) is 0 Å². The fourth-order valence-electron chi connectivity index (χ4n) is 3.39. The van der Waals surface area contributed by atoms with E-state index in [9.17, 15) is 0 Å². The number of nitrogens with zero attached hydrogens (tertiary/aromatic N) is 3. The van der Waals surface area contributed by atoms with Crippen LogP contribution in [0.2, 0.25) is 0 Å². The second kappa shape index (κ2) is 7.79. The predicted molar refractivity (Wildman–Crippen MR) is 93.7 cm³/mol. The molecule has 0 amide bonds. The third-order valence-corrected chi connectivity index (χ3v) is 4.81. The average molecular weight is 316 g/mol. The van der Waals surface area contributed by atoms with E-state index in [1.165, 1.54) is 17.5 Å². The summed E-state index contributed by atoms with van der Waals surface area (Å²) in [5.41, 5.74) is 2.59. The van der Waals surface area contributed by atoms with Gasteiger partial charge in [-0.25, -0.2) is 0 Å². The summed E-state index contributed by atoms with van der Waals surface area (Å²) in [5, 5.41) is 3.50. The Morgan fingerprint density at radius 1 is 1.22 bits per heavy atom. The quantitative estimate of drug-likeness (QED) is 0.677. The summed E-state index contributed by atoms with van der Waals surface area (Å²) in [6.07, 6.45) is 1.21. The Hall–Kier alpha value is -1.59. The molecule has 3 rings (SSSR count). The van der Waals surface area contributed by atoms with E-state index < -0.39 is 0 Å². The Morgan fingerprint density at radius 3 is 2.65 bits per heavy atom. The molecule has 5 nitrogen and oxygen atoms in total. The van der Waals surface area contributed by atoms with Gasteiger partial charge in [0.15, 0.2) is 5.96 Å². The van der Waals surface area contributed by atoms with Crippen LogP contribution in [0.25, 0.3) is 0 Å². The van der Waals surface area contributed by atoms with E-state index in [1.807, 2.05) is 7.05 Å². The van der Waals surface area contributed by atoms with Crippen LogP contribution in [0.1, 0.15) is 17.5 Å². The molecule has 2 aliphatic heterocycles. The van der Waals surface area contributed by atoms with E-state index in [4.69, 9.17) is 4.74 Å². The van der Waals surface area contributed by atoms with Gasteiger partial charge in [0, 0.05) is 45.8 Å². The van der Waals surface area contributed by atoms with Crippen molar-refractivity contribution < 1.29 is 4.74 Å². The standard InChI is InChI=1S/C18H28N4O/c1-15-3-5-16(6-4-15)13-20-18(19-2)22-8-7-17(14-22)21-9-11-23-12-10-21/h3-6,17H,7-14H2,1-2H3,(H,19,20). The van der Waals surface area contributed by atoms with Crippen molar-refractivity contribution >= 4 is 5.96 Å². The molecule has 2 saturated heterocycles. The van der Waals surface area contributed by atoms with Gasteiger partial charge in [-0.05, 0) is 18.9 Å². The highest BCUT2D eigenvalue weighted by Gasteiger charge is 2.30. The molecule has 2 fully saturated rings. The van der Waals surface area contributed by atoms with Gasteiger partial charge in [-0.15, -0.1) is 0 Å². The molecule has 0 radical (unpaired) electrons. The van der Waals surface area contributed by atoms with Gasteiger partial charge in [-0.3, -0.25) is 9.89 Å². The lowest BCUT2D eigenvalue weighted by molar-refractivity contribution is 0.0195. The second-order valence-electron chi connectivity index (χ2n) is 6.42. The SMILES string of the molecule is CN=C(NCc1ccc(C)cc1)N1CCC(N2CCOCC2)C1. The van der Waals surface area contributed by atoms with Crippen molar-refractivity contribution in [3.63, 3.8) is 0 Å². The van der Waals surface area contributed by atoms with Crippen LogP contribution in [-0.4, -0.2) is 68.2 Å². The van der Waals surface area contributed by atoms with E-state index in [1.54, 1.807) is 0 Å². The number of rotatable bonds is 3. The highest BCUT2D eigenvalue weighted by molar-refractivity contribution is 5.80. The van der Waals surface area contributed by atoms with Crippen LogP contribution in [-0.2, 0) is 11.3 Å². The van der Waals surface area contributed by atoms with Crippen molar-refractivity contribution in [3.05, 3.63) is 35.4 Å². The smallest absolute Gasteiger partial charge is 0.193 e. The van der Waals surface area contributed by atoms with Gasteiger partial charge >= 0.3 is 0 Å². The Kier molecular flexibility index (Phi) is 5.51. The third-order valence-electron chi connectivity index (χ3n) is 4.81. The molecule has 1 atom stereocenters. The molecule has 23 heavy (non-hydrogen) atoms. The topological polar surface area (TPSA) is 40.1 Å². The summed E-state index contributed by atoms with van der Waals surface area (Å²) >= 11 is 0. The van der Waals surface area contributed by atoms with E-state index in [0.717, 1.165) is 51.9 Å². The Morgan fingerprint density at radius 2 is 1.96 bits per heavy atom. The zero-order chi connectivity index (χ0) is 16.1. The summed E-state index contributed by atoms with van der Waals surface area (Å²) in [5.74, 6) is 1.02. The lowest BCUT2D eigenvalue weighted by Gasteiger charge is -2.32. The normalized spacial score (nSPS) is 23.3. The van der Waals surface area contributed by atoms with Crippen molar-refractivity contribution in [1.82, 2.24) is 15.1 Å². The zero-order valence-electron chi connectivity index (χ0n) is 14.3. The molecule has 126 valence electrons. The van der Waals surface area contributed by atoms with Gasteiger partial charge in [0.05, 0.1) is 13.2 Å². The van der Waals surface area contributed by atoms with Crippen molar-refractivity contribution in [1.29, 1.82) is 0 Å². The minimum Gasteiger partial charge on any atom is -0.379 e. The molecule has 0 aromatic heterocycles. The Balaban J connectivity index is 1.51. The van der Waals surface area contributed by atoms with Gasteiger partial charge in [0.2, 0.25) is 0 Å². The summed E-state index contributed by atoms with van der Waals surface area (Å²) in [7, 11) is 1.87. The molecule has 1 aromatic carbocycles. The molecule has 1 unspecified atom stereocenters. The van der Waals surface area contributed by atoms with Crippen molar-refractivity contribution in [2.24, 2.45) is 4.99 Å². The number of hydrogen-bond donors (Lipinski definition) is 1. The number of likely N-dealkylation sites (tertiary alicyclic amines) is 1. The number of nitrogens with one attached hydrogen (secondary N) is 1. The Labute approximate surface area is 139 Å². The van der Waals surface area contributed by atoms with Crippen LogP contribution in [0, 0.1) is 6.92 Å². The molecule has 5 heteroatoms. The molecular formula is C18H28N4O. The molecule has 2 heterocycles. The predicted octanol–water partition coefficient (Wildman–Crippen LogP) is 1.48. The first-order valence-corrected chi connectivity index (χ1v) is 8.59. The maximum atomic E-state index is 5.46. The fourth-order valence-corrected chi connectivity index (χ4v) is 3.39. The van der Waals surface area contributed by atoms with Crippen LogP contribution < -0.4 is 5.32 Å². The molecule has 1 N–H and O–H groups in total. The van der Waals surface area contributed by atoms with Gasteiger partial charge in [-0.2, -0.15) is 0 Å². The third kappa shape index (κ3) is 4.24. The number of benzene rings is 1. The lowest BCUT2D eigenvalue weighted by atomic mass is 10.1. The van der Waals surface area contributed by atoms with Gasteiger partial charge in [0.25, 0.3) is 0 Å². The number of ether oxygens (including phenoxy) is 1. The number of morpholine rings is 1. The Bertz CT molecular complexity index is 522. The molecule has 0 aliphatic carbocycles. The van der Waals surface area contributed by atoms with Crippen LogP contribution >= 0.6 is 0 Å². The molecular weight excluding hydrogens is 288 g/mol. The maximum Gasteiger partial charge on any atom is 0.193 e. The molecule has 1 aromatic rings. The zero-order valence-corrected chi connectivity index (χ0v) is 14.3. The van der Waals surface area contributed by atoms with E-state index >= 15 is 0 Å². The molecule has 0 spiro atoms. The molecule has 0 bridgehead atoms. The number of hydrogen-bond acceptors (Lipinski definition) is 3. The maximum absolute atomic E-state index is 5.46. The minimum absolute atomic E-state index is 0.636. The van der Waals surface area contributed by atoms with Crippen molar-refractivity contribution in [2.75, 3.05) is 46.4 Å². The highest BCUT2D eigenvalue weighted by Crippen LogP contribution is 2.17. The summed E-state index contributed by atoms with van der Waals surface area (Å²) in [4.78, 5) is 9.42. The summed E-state index contributed by atoms with van der Waals surface area (Å²) in [6.45, 7) is 8.95. The molecule has 2 aliphatic rings. The van der Waals surface area contributed by atoms with E-state index in [2.05, 4.69) is 51.3 Å². The first kappa shape index (κ1) is 16.3. The van der Waals surface area contributed by atoms with Crippen LogP contribution in [0.15, 0.2) is 29.3 Å². The summed E-state index contributed by atoms with van der Waals surface area (Å²) in [6, 6.07) is 9.30. The van der Waals surface area contributed by atoms with E-state index in [-0.39, 0.29) is 0 Å². The van der Waals surface area contributed by atoms with Gasteiger partial charge in [0.1, 0.15) is 0 Å². The van der Waals surface area contributed by atoms with Gasteiger partial charge < -0.3 is 15.0 Å². The first-order chi connectivity index (χ1) is 11.3. The largest absolute Gasteiger partial charge is 0.379 e. The van der Waals surface area contributed by atoms with Crippen LogP contribution in [0.4, 0.5) is 0 Å². The number of aryl methyl sites for hydroxylation is 1. The fraction of sp³-hybridized carbons (Fsp3) is 0.611. The van der Waals surface area contributed by atoms with E-state index in [0.29, 0.717) is 6.04 Å². The highest BCUT2D eigenvalue weighted by atomic mass is 16.5. The average Bonchev–Trinajstić information content (AvgIpc) is 3.08. The van der Waals surface area contributed by atoms with Crippen molar-refractivity contribution in [2.45, 2.75) is 25.9 Å². The second-order valence-corrected chi connectivity index (χ2v) is 6.42. The number of guanidine groups is 1. The molecule has 0 saturated carbocycles. The minimum atomic E-state index is 0.636. The lowest BCUT2D eigenvalue weighted by Crippen LogP contribution is -2.46. The van der Waals surface area contributed by atoms with Gasteiger partial charge in [-0.1, -0.05) is 29.8 Å². The monoisotopic (exact) mass is 316 g/mol.